The Labute approximate surface area is 144 Å². The molecule has 0 bridgehead atoms. The van der Waals surface area contributed by atoms with E-state index in [9.17, 15) is 10.1 Å². The minimum atomic E-state index is -1.10. The van der Waals surface area contributed by atoms with Crippen LogP contribution in [0.4, 0.5) is 0 Å². The third-order valence-corrected chi connectivity index (χ3v) is 3.89. The van der Waals surface area contributed by atoms with Crippen molar-refractivity contribution in [1.82, 2.24) is 4.90 Å². The van der Waals surface area contributed by atoms with Crippen molar-refractivity contribution in [3.05, 3.63) is 57.1 Å². The van der Waals surface area contributed by atoms with Crippen LogP contribution in [-0.4, -0.2) is 30.1 Å². The molecule has 0 radical (unpaired) electrons. The molecule has 0 saturated carbocycles. The van der Waals surface area contributed by atoms with Crippen LogP contribution in [0.25, 0.3) is 11.1 Å². The van der Waals surface area contributed by atoms with Gasteiger partial charge in [0, 0.05) is 12.1 Å². The molecule has 1 N–H and O–H groups in total. The van der Waals surface area contributed by atoms with Gasteiger partial charge in [-0.25, -0.2) is 4.79 Å². The van der Waals surface area contributed by atoms with E-state index in [4.69, 9.17) is 28.3 Å². The van der Waals surface area contributed by atoms with Crippen LogP contribution in [-0.2, 0) is 6.54 Å². The van der Waals surface area contributed by atoms with Crippen LogP contribution < -0.4 is 0 Å². The number of carboxylic acid groups (broad SMARTS) is 1. The van der Waals surface area contributed by atoms with Crippen molar-refractivity contribution < 1.29 is 9.90 Å². The monoisotopic (exact) mass is 348 g/mol. The van der Waals surface area contributed by atoms with E-state index in [1.807, 2.05) is 31.1 Å². The molecule has 0 saturated heterocycles. The van der Waals surface area contributed by atoms with Gasteiger partial charge in [-0.1, -0.05) is 35.3 Å². The summed E-state index contributed by atoms with van der Waals surface area (Å²) in [6, 6.07) is 10.3. The molecule has 2 aromatic carbocycles. The Morgan fingerprint density at radius 2 is 1.83 bits per heavy atom. The Kier molecular flexibility index (Phi) is 5.27. The van der Waals surface area contributed by atoms with E-state index < -0.39 is 5.97 Å². The molecule has 118 valence electrons. The largest absolute Gasteiger partial charge is 0.478 e. The molecule has 0 heterocycles. The van der Waals surface area contributed by atoms with Crippen LogP contribution in [0.3, 0.4) is 0 Å². The first kappa shape index (κ1) is 17.3. The van der Waals surface area contributed by atoms with Gasteiger partial charge in [-0.3, -0.25) is 0 Å². The maximum atomic E-state index is 11.0. The number of carbonyl (C=O) groups is 1. The van der Waals surface area contributed by atoms with Gasteiger partial charge in [0.05, 0.1) is 27.2 Å². The van der Waals surface area contributed by atoms with Crippen molar-refractivity contribution in [2.45, 2.75) is 6.54 Å². The van der Waals surface area contributed by atoms with E-state index in [0.29, 0.717) is 23.2 Å². The Balaban J connectivity index is 2.55. The van der Waals surface area contributed by atoms with Crippen LogP contribution in [0.5, 0.6) is 0 Å². The zero-order valence-corrected chi connectivity index (χ0v) is 14.1. The van der Waals surface area contributed by atoms with Gasteiger partial charge in [-0.05, 0) is 43.4 Å². The quantitative estimate of drug-likeness (QED) is 0.894. The van der Waals surface area contributed by atoms with E-state index in [1.54, 1.807) is 6.07 Å². The number of rotatable bonds is 4. The highest BCUT2D eigenvalue weighted by atomic mass is 35.5. The summed E-state index contributed by atoms with van der Waals surface area (Å²) in [7, 11) is 3.85. The number of carboxylic acids is 1. The van der Waals surface area contributed by atoms with Gasteiger partial charge in [0.25, 0.3) is 0 Å². The van der Waals surface area contributed by atoms with Crippen molar-refractivity contribution in [2.24, 2.45) is 0 Å². The molecule has 23 heavy (non-hydrogen) atoms. The molecule has 2 rings (SSSR count). The van der Waals surface area contributed by atoms with Crippen molar-refractivity contribution in [3.8, 4) is 17.2 Å². The SMILES string of the molecule is CN(C)Cc1ccc(-c2c(Cl)cc(C(=O)O)cc2Cl)cc1C#N. The Hall–Kier alpha value is -2.06. The summed E-state index contributed by atoms with van der Waals surface area (Å²) >= 11 is 12.4. The lowest BCUT2D eigenvalue weighted by molar-refractivity contribution is 0.0697. The summed E-state index contributed by atoms with van der Waals surface area (Å²) < 4.78 is 0. The average Bonchev–Trinajstić information content (AvgIpc) is 2.47. The Bertz CT molecular complexity index is 788. The van der Waals surface area contributed by atoms with Crippen LogP contribution in [0.1, 0.15) is 21.5 Å². The van der Waals surface area contributed by atoms with E-state index in [0.717, 1.165) is 5.56 Å². The number of nitriles is 1. The molecule has 0 atom stereocenters. The minimum absolute atomic E-state index is 0.0217. The van der Waals surface area contributed by atoms with Crippen molar-refractivity contribution in [3.63, 3.8) is 0 Å². The summed E-state index contributed by atoms with van der Waals surface area (Å²) in [4.78, 5) is 13.0. The first-order valence-electron chi connectivity index (χ1n) is 6.74. The normalized spacial score (nSPS) is 10.6. The number of hydrogen-bond acceptors (Lipinski definition) is 3. The number of hydrogen-bond donors (Lipinski definition) is 1. The maximum absolute atomic E-state index is 11.0. The molecule has 0 spiro atoms. The molecule has 2 aromatic rings. The van der Waals surface area contributed by atoms with Gasteiger partial charge >= 0.3 is 5.97 Å². The maximum Gasteiger partial charge on any atom is 0.335 e. The number of benzene rings is 2. The smallest absolute Gasteiger partial charge is 0.335 e. The molecule has 0 aromatic heterocycles. The fourth-order valence-electron chi connectivity index (χ4n) is 2.29. The van der Waals surface area contributed by atoms with E-state index >= 15 is 0 Å². The third-order valence-electron chi connectivity index (χ3n) is 3.29. The second-order valence-electron chi connectivity index (χ2n) is 5.34. The van der Waals surface area contributed by atoms with Gasteiger partial charge in [0.1, 0.15) is 0 Å². The fourth-order valence-corrected chi connectivity index (χ4v) is 2.99. The van der Waals surface area contributed by atoms with Crippen LogP contribution in [0, 0.1) is 11.3 Å². The van der Waals surface area contributed by atoms with Crippen LogP contribution in [0.15, 0.2) is 30.3 Å². The highest BCUT2D eigenvalue weighted by Gasteiger charge is 2.15. The lowest BCUT2D eigenvalue weighted by Gasteiger charge is -2.14. The molecule has 0 fully saturated rings. The van der Waals surface area contributed by atoms with Gasteiger partial charge in [0.15, 0.2) is 0 Å². The first-order valence-corrected chi connectivity index (χ1v) is 7.49. The minimum Gasteiger partial charge on any atom is -0.478 e. The molecule has 0 aliphatic carbocycles. The van der Waals surface area contributed by atoms with E-state index in [1.165, 1.54) is 12.1 Å². The fraction of sp³-hybridized carbons (Fsp3) is 0.176. The van der Waals surface area contributed by atoms with Crippen molar-refractivity contribution in [1.29, 1.82) is 5.26 Å². The van der Waals surface area contributed by atoms with E-state index in [2.05, 4.69) is 6.07 Å². The molecule has 4 nitrogen and oxygen atoms in total. The number of nitrogens with zero attached hydrogens (tertiary/aromatic N) is 2. The molecule has 0 amide bonds. The van der Waals surface area contributed by atoms with E-state index in [-0.39, 0.29) is 15.6 Å². The molecule has 0 aliphatic rings. The summed E-state index contributed by atoms with van der Waals surface area (Å²) in [5.41, 5.74) is 2.65. The second kappa shape index (κ2) is 7.01. The van der Waals surface area contributed by atoms with Gasteiger partial charge in [0.2, 0.25) is 0 Å². The summed E-state index contributed by atoms with van der Waals surface area (Å²) in [5, 5.41) is 18.8. The molecule has 0 aliphatic heterocycles. The Morgan fingerprint density at radius 1 is 1.22 bits per heavy atom. The standard InChI is InChI=1S/C17H14Cl2N2O2/c1-21(2)9-11-4-3-10(5-13(11)8-20)16-14(18)6-12(17(22)23)7-15(16)19/h3-7H,9H2,1-2H3,(H,22,23). The summed E-state index contributed by atoms with van der Waals surface area (Å²) in [5.74, 6) is -1.10. The first-order chi connectivity index (χ1) is 10.8. The third kappa shape index (κ3) is 3.83. The predicted octanol–water partition coefficient (Wildman–Crippen LogP) is 4.29. The average molecular weight is 349 g/mol. The molecular formula is C17H14Cl2N2O2. The number of aromatic carboxylic acids is 1. The number of halogens is 2. The highest BCUT2D eigenvalue weighted by molar-refractivity contribution is 6.39. The zero-order chi connectivity index (χ0) is 17.1. The second-order valence-corrected chi connectivity index (χ2v) is 6.16. The molecule has 0 unspecified atom stereocenters. The summed E-state index contributed by atoms with van der Waals surface area (Å²) in [6.07, 6.45) is 0. The lowest BCUT2D eigenvalue weighted by Crippen LogP contribution is -2.11. The Morgan fingerprint density at radius 3 is 2.30 bits per heavy atom. The van der Waals surface area contributed by atoms with Crippen molar-refractivity contribution in [2.75, 3.05) is 14.1 Å². The highest BCUT2D eigenvalue weighted by Crippen LogP contribution is 2.36. The van der Waals surface area contributed by atoms with Crippen molar-refractivity contribution >= 4 is 29.2 Å². The molecular weight excluding hydrogens is 335 g/mol. The predicted molar refractivity (Wildman–Crippen MR) is 91.0 cm³/mol. The van der Waals surface area contributed by atoms with Gasteiger partial charge in [-0.15, -0.1) is 0 Å². The molecule has 6 heteroatoms. The topological polar surface area (TPSA) is 64.3 Å². The lowest BCUT2D eigenvalue weighted by atomic mass is 9.98. The van der Waals surface area contributed by atoms with Gasteiger partial charge < -0.3 is 10.0 Å². The zero-order valence-electron chi connectivity index (χ0n) is 12.6. The van der Waals surface area contributed by atoms with Gasteiger partial charge in [-0.2, -0.15) is 5.26 Å². The van der Waals surface area contributed by atoms with Crippen LogP contribution >= 0.6 is 23.2 Å². The summed E-state index contributed by atoms with van der Waals surface area (Å²) in [6.45, 7) is 0.641. The van der Waals surface area contributed by atoms with Crippen LogP contribution in [0.2, 0.25) is 10.0 Å².